The fourth-order valence-electron chi connectivity index (χ4n) is 1.85. The van der Waals surface area contributed by atoms with Crippen molar-refractivity contribution in [2.24, 2.45) is 0 Å². The predicted octanol–water partition coefficient (Wildman–Crippen LogP) is 2.56. The van der Waals surface area contributed by atoms with E-state index in [1.807, 2.05) is 0 Å². The Morgan fingerprint density at radius 3 is 2.76 bits per heavy atom. The number of halogens is 2. The lowest BCUT2D eigenvalue weighted by Crippen LogP contribution is -2.17. The molecule has 0 amide bonds. The fraction of sp³-hybridized carbons (Fsp3) is 0.385. The molecule has 1 aliphatic heterocycles. The van der Waals surface area contributed by atoms with Crippen molar-refractivity contribution >= 4 is 0 Å². The number of aliphatic hydroxyl groups excluding tert-OH is 1. The summed E-state index contributed by atoms with van der Waals surface area (Å²) in [5.74, 6) is -1.76. The Bertz CT molecular complexity index is 429. The molecule has 1 aliphatic rings. The van der Waals surface area contributed by atoms with Crippen LogP contribution in [0.1, 0.15) is 18.4 Å². The molecule has 1 aromatic carbocycles. The average molecular weight is 240 g/mol. The Morgan fingerprint density at radius 1 is 1.29 bits per heavy atom. The number of benzene rings is 1. The molecule has 2 nitrogen and oxygen atoms in total. The molecule has 2 rings (SSSR count). The van der Waals surface area contributed by atoms with E-state index in [0.29, 0.717) is 12.2 Å². The van der Waals surface area contributed by atoms with Gasteiger partial charge >= 0.3 is 0 Å². The van der Waals surface area contributed by atoms with Gasteiger partial charge in [0.05, 0.1) is 19.0 Å². The normalized spacial score (nSPS) is 17.2. The van der Waals surface area contributed by atoms with Crippen molar-refractivity contribution < 1.29 is 18.6 Å². The van der Waals surface area contributed by atoms with Crippen LogP contribution in [0.4, 0.5) is 8.78 Å². The largest absolute Gasteiger partial charge is 0.501 e. The highest BCUT2D eigenvalue weighted by Crippen LogP contribution is 2.19. The van der Waals surface area contributed by atoms with Gasteiger partial charge in [0.2, 0.25) is 0 Å². The average Bonchev–Trinajstić information content (AvgIpc) is 2.35. The maximum absolute atomic E-state index is 13.0. The SMILES string of the molecule is OC(Cc1ccc(F)c(F)c1)C1=COCCC1. The predicted molar refractivity (Wildman–Crippen MR) is 59.3 cm³/mol. The van der Waals surface area contributed by atoms with Crippen molar-refractivity contribution in [3.63, 3.8) is 0 Å². The second-order valence-corrected chi connectivity index (χ2v) is 4.14. The molecule has 1 atom stereocenters. The molecule has 0 aromatic heterocycles. The van der Waals surface area contributed by atoms with Crippen molar-refractivity contribution in [1.29, 1.82) is 0 Å². The molecule has 17 heavy (non-hydrogen) atoms. The molecule has 0 saturated heterocycles. The minimum atomic E-state index is -0.886. The lowest BCUT2D eigenvalue weighted by Gasteiger charge is -2.18. The van der Waals surface area contributed by atoms with Gasteiger partial charge in [0.25, 0.3) is 0 Å². The third-order valence-corrected chi connectivity index (χ3v) is 2.80. The summed E-state index contributed by atoms with van der Waals surface area (Å²) < 4.78 is 30.8. The van der Waals surface area contributed by atoms with Crippen LogP contribution >= 0.6 is 0 Å². The first-order chi connectivity index (χ1) is 8.16. The van der Waals surface area contributed by atoms with Crippen LogP contribution < -0.4 is 0 Å². The molecule has 0 aliphatic carbocycles. The Labute approximate surface area is 98.5 Å². The zero-order chi connectivity index (χ0) is 12.3. The van der Waals surface area contributed by atoms with Crippen LogP contribution in [0.25, 0.3) is 0 Å². The Balaban J connectivity index is 2.04. The van der Waals surface area contributed by atoms with Crippen LogP contribution in [-0.4, -0.2) is 17.8 Å². The lowest BCUT2D eigenvalue weighted by atomic mass is 9.98. The molecule has 1 N–H and O–H groups in total. The summed E-state index contributed by atoms with van der Waals surface area (Å²) in [6, 6.07) is 3.66. The van der Waals surface area contributed by atoms with Crippen molar-refractivity contribution in [3.8, 4) is 0 Å². The summed E-state index contributed by atoms with van der Waals surface area (Å²) in [6.45, 7) is 0.668. The first kappa shape index (κ1) is 12.0. The van der Waals surface area contributed by atoms with Crippen LogP contribution in [0.5, 0.6) is 0 Å². The van der Waals surface area contributed by atoms with Gasteiger partial charge in [-0.1, -0.05) is 6.07 Å². The van der Waals surface area contributed by atoms with Crippen LogP contribution in [0.15, 0.2) is 30.0 Å². The molecular formula is C13H14F2O2. The number of rotatable bonds is 3. The molecule has 0 radical (unpaired) electrons. The third kappa shape index (κ3) is 3.03. The van der Waals surface area contributed by atoms with Crippen molar-refractivity contribution in [2.75, 3.05) is 6.61 Å². The standard InChI is InChI=1S/C13H14F2O2/c14-11-4-3-9(6-12(11)15)7-13(16)10-2-1-5-17-8-10/h3-4,6,8,13,16H,1-2,5,7H2. The number of hydrogen-bond donors (Lipinski definition) is 1. The van der Waals surface area contributed by atoms with Gasteiger partial charge in [0.15, 0.2) is 11.6 Å². The Hall–Kier alpha value is -1.42. The smallest absolute Gasteiger partial charge is 0.159 e. The first-order valence-corrected chi connectivity index (χ1v) is 5.59. The third-order valence-electron chi connectivity index (χ3n) is 2.80. The molecule has 0 saturated carbocycles. The molecule has 1 heterocycles. The molecule has 1 unspecified atom stereocenters. The molecule has 0 spiro atoms. The number of hydrogen-bond acceptors (Lipinski definition) is 2. The Morgan fingerprint density at radius 2 is 2.12 bits per heavy atom. The van der Waals surface area contributed by atoms with E-state index in [4.69, 9.17) is 4.74 Å². The van der Waals surface area contributed by atoms with Crippen molar-refractivity contribution in [2.45, 2.75) is 25.4 Å². The molecule has 0 fully saturated rings. The molecule has 4 heteroatoms. The summed E-state index contributed by atoms with van der Waals surface area (Å²) in [6.07, 6.45) is 2.80. The van der Waals surface area contributed by atoms with Crippen LogP contribution in [0.3, 0.4) is 0 Å². The topological polar surface area (TPSA) is 29.5 Å². The molecule has 1 aromatic rings. The first-order valence-electron chi connectivity index (χ1n) is 5.59. The van der Waals surface area contributed by atoms with E-state index in [1.54, 1.807) is 6.26 Å². The van der Waals surface area contributed by atoms with E-state index in [9.17, 15) is 13.9 Å². The van der Waals surface area contributed by atoms with Gasteiger partial charge in [-0.15, -0.1) is 0 Å². The quantitative estimate of drug-likeness (QED) is 0.879. The van der Waals surface area contributed by atoms with Crippen LogP contribution in [-0.2, 0) is 11.2 Å². The van der Waals surface area contributed by atoms with Gasteiger partial charge < -0.3 is 9.84 Å². The van der Waals surface area contributed by atoms with Gasteiger partial charge in [-0.3, -0.25) is 0 Å². The maximum atomic E-state index is 13.0. The van der Waals surface area contributed by atoms with E-state index in [2.05, 4.69) is 0 Å². The summed E-state index contributed by atoms with van der Waals surface area (Å²) >= 11 is 0. The van der Waals surface area contributed by atoms with Crippen LogP contribution in [0, 0.1) is 11.6 Å². The van der Waals surface area contributed by atoms with Crippen LogP contribution in [0.2, 0.25) is 0 Å². The summed E-state index contributed by atoms with van der Waals surface area (Å²) in [4.78, 5) is 0. The highest BCUT2D eigenvalue weighted by Gasteiger charge is 2.15. The van der Waals surface area contributed by atoms with Gasteiger partial charge in [-0.2, -0.15) is 0 Å². The molecular weight excluding hydrogens is 226 g/mol. The highest BCUT2D eigenvalue weighted by molar-refractivity contribution is 5.21. The molecule has 92 valence electrons. The summed E-state index contributed by atoms with van der Waals surface area (Å²) in [5.41, 5.74) is 1.38. The maximum Gasteiger partial charge on any atom is 0.159 e. The second-order valence-electron chi connectivity index (χ2n) is 4.14. The monoisotopic (exact) mass is 240 g/mol. The van der Waals surface area contributed by atoms with E-state index in [1.165, 1.54) is 6.07 Å². The number of ether oxygens (including phenoxy) is 1. The second kappa shape index (κ2) is 5.27. The Kier molecular flexibility index (Phi) is 3.74. The minimum absolute atomic E-state index is 0.270. The minimum Gasteiger partial charge on any atom is -0.501 e. The van der Waals surface area contributed by atoms with E-state index >= 15 is 0 Å². The zero-order valence-electron chi connectivity index (χ0n) is 9.33. The number of aliphatic hydroxyl groups is 1. The van der Waals surface area contributed by atoms with Crippen molar-refractivity contribution in [1.82, 2.24) is 0 Å². The van der Waals surface area contributed by atoms with Gasteiger partial charge in [-0.05, 0) is 36.1 Å². The lowest BCUT2D eigenvalue weighted by molar-refractivity contribution is 0.169. The van der Waals surface area contributed by atoms with E-state index < -0.39 is 17.7 Å². The molecule has 0 bridgehead atoms. The van der Waals surface area contributed by atoms with E-state index in [-0.39, 0.29) is 6.42 Å². The van der Waals surface area contributed by atoms with Crippen molar-refractivity contribution in [3.05, 3.63) is 47.2 Å². The van der Waals surface area contributed by atoms with Gasteiger partial charge in [-0.25, -0.2) is 8.78 Å². The van der Waals surface area contributed by atoms with E-state index in [0.717, 1.165) is 30.5 Å². The van der Waals surface area contributed by atoms with Gasteiger partial charge in [0, 0.05) is 6.42 Å². The zero-order valence-corrected chi connectivity index (χ0v) is 9.33. The van der Waals surface area contributed by atoms with Gasteiger partial charge in [0.1, 0.15) is 0 Å². The highest BCUT2D eigenvalue weighted by atomic mass is 19.2. The summed E-state index contributed by atoms with van der Waals surface area (Å²) in [7, 11) is 0. The fourth-order valence-corrected chi connectivity index (χ4v) is 1.85. The summed E-state index contributed by atoms with van der Waals surface area (Å²) in [5, 5.41) is 9.92.